The maximum Gasteiger partial charge on any atom is 0.490 e. The predicted molar refractivity (Wildman–Crippen MR) is 153 cm³/mol. The lowest BCUT2D eigenvalue weighted by molar-refractivity contribution is -0.192. The molecule has 3 atom stereocenters. The molecule has 0 amide bonds. The van der Waals surface area contributed by atoms with Crippen LogP contribution in [0.15, 0.2) is 50.0 Å². The second-order valence-electron chi connectivity index (χ2n) is 11.0. The Kier molecular flexibility index (Phi) is 9.42. The maximum atomic E-state index is 15.8. The molecule has 4 heterocycles. The number of carbonyl (C=O) groups is 1. The number of H-pyrrole nitrogens is 1. The lowest BCUT2D eigenvalue weighted by Gasteiger charge is -2.40. The standard InChI is InChI=1S/C25H31BrF2N6O2.C2HF3O2/c1-15(2)9-11-33-20-21(35)30-23(36)31(3)22(20)34(14-25(27,28)17-4-6-18(26)7-5-17)24(33)32-12-16-8-10-29-19(16)13-32;3-2(4,5)1(6)7/h4-7,9,16,19,24,29H,8,10-14H2,1-3H3,(H,30,35,36);(H,6,7)/t16-,19+,24?;/m1./s1. The van der Waals surface area contributed by atoms with E-state index in [-0.39, 0.29) is 23.1 Å². The molecule has 1 unspecified atom stereocenters. The molecular weight excluding hydrogens is 647 g/mol. The topological polar surface area (TPSA) is 114 Å². The first kappa shape index (κ1) is 32.7. The fraction of sp³-hybridized carbons (Fsp3) is 0.519. The molecule has 3 aliphatic heterocycles. The van der Waals surface area contributed by atoms with E-state index in [0.717, 1.165) is 25.1 Å². The molecule has 2 fully saturated rings. The molecule has 16 heteroatoms. The van der Waals surface area contributed by atoms with E-state index in [1.165, 1.54) is 23.7 Å². The summed E-state index contributed by atoms with van der Waals surface area (Å²) >= 11 is 3.31. The first-order valence-electron chi connectivity index (χ1n) is 13.4. The van der Waals surface area contributed by atoms with Crippen LogP contribution in [0.2, 0.25) is 0 Å². The van der Waals surface area contributed by atoms with Gasteiger partial charge in [0.2, 0.25) is 0 Å². The number of anilines is 2. The highest BCUT2D eigenvalue weighted by Gasteiger charge is 2.50. The minimum Gasteiger partial charge on any atom is -0.475 e. The van der Waals surface area contributed by atoms with Gasteiger partial charge in [-0.25, -0.2) is 9.59 Å². The summed E-state index contributed by atoms with van der Waals surface area (Å²) in [6, 6.07) is 6.27. The second kappa shape index (κ2) is 12.4. The lowest BCUT2D eigenvalue weighted by Crippen LogP contribution is -2.57. The molecule has 0 bridgehead atoms. The number of aromatic nitrogens is 2. The molecule has 1 aromatic carbocycles. The first-order valence-corrected chi connectivity index (χ1v) is 14.2. The van der Waals surface area contributed by atoms with E-state index in [1.807, 2.05) is 24.8 Å². The van der Waals surface area contributed by atoms with Crippen molar-refractivity contribution in [2.75, 3.05) is 42.5 Å². The van der Waals surface area contributed by atoms with Crippen LogP contribution in [-0.2, 0) is 17.8 Å². The minimum absolute atomic E-state index is 0.122. The molecule has 3 N–H and O–H groups in total. The third kappa shape index (κ3) is 6.96. The van der Waals surface area contributed by atoms with E-state index in [2.05, 4.69) is 31.1 Å². The number of aliphatic carboxylic acids is 1. The molecule has 43 heavy (non-hydrogen) atoms. The molecule has 1 aromatic heterocycles. The van der Waals surface area contributed by atoms with Gasteiger partial charge < -0.3 is 20.2 Å². The number of hydrogen-bond acceptors (Lipinski definition) is 7. The van der Waals surface area contributed by atoms with E-state index in [9.17, 15) is 22.8 Å². The van der Waals surface area contributed by atoms with Gasteiger partial charge in [-0.2, -0.15) is 22.0 Å². The SMILES string of the molecule is CC(C)=CCN1c2c(n(C)c(=O)[nH]c2=O)N(CC(F)(F)c2ccc(Br)cc2)C1N1C[C@H]2CCN[C@H]2C1.O=C(O)C(F)(F)F. The quantitative estimate of drug-likeness (QED) is 0.315. The van der Waals surface area contributed by atoms with Gasteiger partial charge in [0.25, 0.3) is 11.5 Å². The fourth-order valence-electron chi connectivity index (χ4n) is 5.66. The number of aromatic amines is 1. The predicted octanol–water partition coefficient (Wildman–Crippen LogP) is 3.43. The minimum atomic E-state index is -5.08. The van der Waals surface area contributed by atoms with Gasteiger partial charge in [-0.1, -0.05) is 39.7 Å². The van der Waals surface area contributed by atoms with Gasteiger partial charge in [0.05, 0.1) is 6.54 Å². The molecule has 2 aromatic rings. The zero-order valence-electron chi connectivity index (χ0n) is 23.6. The Morgan fingerprint density at radius 1 is 1.09 bits per heavy atom. The molecule has 10 nitrogen and oxygen atoms in total. The molecule has 0 spiro atoms. The van der Waals surface area contributed by atoms with Gasteiger partial charge >= 0.3 is 17.8 Å². The Bertz CT molecular complexity index is 1480. The number of nitrogens with one attached hydrogen (secondary N) is 2. The molecular formula is C27H32BrF5N6O4. The van der Waals surface area contributed by atoms with Crippen LogP contribution in [0.3, 0.4) is 0 Å². The summed E-state index contributed by atoms with van der Waals surface area (Å²) < 4.78 is 65.3. The van der Waals surface area contributed by atoms with E-state index in [4.69, 9.17) is 9.90 Å². The Hall–Kier alpha value is -3.24. The van der Waals surface area contributed by atoms with Crippen LogP contribution in [0.25, 0.3) is 0 Å². The highest BCUT2D eigenvalue weighted by molar-refractivity contribution is 9.10. The van der Waals surface area contributed by atoms with Crippen molar-refractivity contribution < 1.29 is 31.9 Å². The summed E-state index contributed by atoms with van der Waals surface area (Å²) in [5, 5.41) is 10.6. The monoisotopic (exact) mass is 678 g/mol. The summed E-state index contributed by atoms with van der Waals surface area (Å²) in [7, 11) is 1.52. The van der Waals surface area contributed by atoms with Crippen molar-refractivity contribution in [2.24, 2.45) is 13.0 Å². The number of halogens is 6. The van der Waals surface area contributed by atoms with Crippen LogP contribution in [-0.4, -0.2) is 76.8 Å². The third-order valence-corrected chi connectivity index (χ3v) is 8.21. The molecule has 3 aliphatic rings. The zero-order valence-corrected chi connectivity index (χ0v) is 25.2. The van der Waals surface area contributed by atoms with Crippen molar-refractivity contribution >= 4 is 33.4 Å². The number of carboxylic acids is 1. The third-order valence-electron chi connectivity index (χ3n) is 7.68. The largest absolute Gasteiger partial charge is 0.490 e. The summed E-state index contributed by atoms with van der Waals surface area (Å²) in [6.45, 7) is 5.97. The van der Waals surface area contributed by atoms with Crippen LogP contribution < -0.4 is 26.4 Å². The highest BCUT2D eigenvalue weighted by Crippen LogP contribution is 2.42. The van der Waals surface area contributed by atoms with Gasteiger partial charge in [0.1, 0.15) is 11.5 Å². The number of alkyl halides is 5. The summed E-state index contributed by atoms with van der Waals surface area (Å²) in [6.07, 6.45) is -2.70. The molecule has 0 radical (unpaired) electrons. The van der Waals surface area contributed by atoms with E-state index in [0.29, 0.717) is 23.5 Å². The number of benzene rings is 1. The van der Waals surface area contributed by atoms with Crippen molar-refractivity contribution in [1.82, 2.24) is 19.8 Å². The Morgan fingerprint density at radius 2 is 1.72 bits per heavy atom. The number of rotatable bonds is 6. The van der Waals surface area contributed by atoms with E-state index in [1.54, 1.807) is 17.0 Å². The summed E-state index contributed by atoms with van der Waals surface area (Å²) in [4.78, 5) is 42.6. The van der Waals surface area contributed by atoms with Gasteiger partial charge in [0, 0.05) is 42.8 Å². The van der Waals surface area contributed by atoms with E-state index < -0.39 is 42.2 Å². The van der Waals surface area contributed by atoms with Crippen LogP contribution in [0.4, 0.5) is 33.5 Å². The number of carboxylic acid groups (broad SMARTS) is 1. The Morgan fingerprint density at radius 3 is 2.28 bits per heavy atom. The second-order valence-corrected chi connectivity index (χ2v) is 11.9. The number of allylic oxidation sites excluding steroid dienone is 1. The number of nitrogens with zero attached hydrogens (tertiary/aromatic N) is 4. The summed E-state index contributed by atoms with van der Waals surface area (Å²) in [5.74, 6) is -5.34. The average Bonchev–Trinajstić information content (AvgIpc) is 3.58. The van der Waals surface area contributed by atoms with Crippen LogP contribution in [0, 0.1) is 5.92 Å². The van der Waals surface area contributed by atoms with Gasteiger partial charge in [-0.05, 0) is 44.9 Å². The van der Waals surface area contributed by atoms with E-state index >= 15 is 8.78 Å². The molecule has 0 saturated carbocycles. The highest BCUT2D eigenvalue weighted by atomic mass is 79.9. The lowest BCUT2D eigenvalue weighted by atomic mass is 10.1. The van der Waals surface area contributed by atoms with Gasteiger partial charge in [-0.15, -0.1) is 0 Å². The Balaban J connectivity index is 0.000000541. The van der Waals surface area contributed by atoms with Crippen LogP contribution >= 0.6 is 15.9 Å². The van der Waals surface area contributed by atoms with Gasteiger partial charge in [-0.3, -0.25) is 19.2 Å². The average molecular weight is 679 g/mol. The van der Waals surface area contributed by atoms with Crippen molar-refractivity contribution in [3.05, 3.63) is 66.8 Å². The van der Waals surface area contributed by atoms with Crippen LogP contribution in [0.5, 0.6) is 0 Å². The van der Waals surface area contributed by atoms with Crippen LogP contribution in [0.1, 0.15) is 25.8 Å². The van der Waals surface area contributed by atoms with Crippen molar-refractivity contribution in [3.63, 3.8) is 0 Å². The molecule has 236 valence electrons. The molecule has 5 rings (SSSR count). The normalized spacial score (nSPS) is 21.7. The number of likely N-dealkylation sites (tertiary alicyclic amines) is 1. The van der Waals surface area contributed by atoms with Crippen molar-refractivity contribution in [2.45, 2.75) is 44.7 Å². The Labute approximate surface area is 251 Å². The van der Waals surface area contributed by atoms with Crippen molar-refractivity contribution in [3.8, 4) is 0 Å². The van der Waals surface area contributed by atoms with Crippen molar-refractivity contribution in [1.29, 1.82) is 0 Å². The summed E-state index contributed by atoms with van der Waals surface area (Å²) in [5.41, 5.74) is -0.0133. The van der Waals surface area contributed by atoms with Gasteiger partial charge in [0.15, 0.2) is 6.29 Å². The number of hydrogen-bond donors (Lipinski definition) is 3. The first-order chi connectivity index (χ1) is 20.0. The zero-order chi connectivity index (χ0) is 31.9. The maximum absolute atomic E-state index is 15.8. The molecule has 0 aliphatic carbocycles. The smallest absolute Gasteiger partial charge is 0.475 e. The fourth-order valence-corrected chi connectivity index (χ4v) is 5.93. The molecule has 2 saturated heterocycles. The number of fused-ring (bicyclic) bond motifs is 2.